The summed E-state index contributed by atoms with van der Waals surface area (Å²) in [5.74, 6) is -0.672. The summed E-state index contributed by atoms with van der Waals surface area (Å²) < 4.78 is 38.6. The molecule has 1 aromatic rings. The molecule has 0 N–H and O–H groups in total. The van der Waals surface area contributed by atoms with Crippen LogP contribution in [-0.4, -0.2) is 25.8 Å². The van der Waals surface area contributed by atoms with Gasteiger partial charge in [-0.25, -0.2) is 12.8 Å². The van der Waals surface area contributed by atoms with Crippen LogP contribution in [0, 0.1) is 17.1 Å². The Labute approximate surface area is 111 Å². The molecule has 0 spiro atoms. The third-order valence-corrected chi connectivity index (χ3v) is 4.79. The van der Waals surface area contributed by atoms with Crippen LogP contribution in [0.15, 0.2) is 23.1 Å². The van der Waals surface area contributed by atoms with Gasteiger partial charge in [-0.15, -0.1) is 0 Å². The molecule has 0 fully saturated rings. The van der Waals surface area contributed by atoms with E-state index >= 15 is 0 Å². The maximum atomic E-state index is 13.1. The van der Waals surface area contributed by atoms with E-state index in [4.69, 9.17) is 16.9 Å². The largest absolute Gasteiger partial charge is 0.244 e. The van der Waals surface area contributed by atoms with Gasteiger partial charge < -0.3 is 0 Å². The molecule has 0 heterocycles. The van der Waals surface area contributed by atoms with Crippen molar-refractivity contribution in [2.24, 2.45) is 0 Å². The lowest BCUT2D eigenvalue weighted by Gasteiger charge is -2.19. The summed E-state index contributed by atoms with van der Waals surface area (Å²) >= 11 is 5.78. The Morgan fingerprint density at radius 3 is 2.72 bits per heavy atom. The molecule has 0 unspecified atom stereocenters. The number of nitriles is 1. The van der Waals surface area contributed by atoms with Crippen LogP contribution < -0.4 is 0 Å². The molecule has 0 atom stereocenters. The second kappa shape index (κ2) is 6.14. The van der Waals surface area contributed by atoms with Gasteiger partial charge in [-0.2, -0.15) is 9.57 Å². The summed E-state index contributed by atoms with van der Waals surface area (Å²) in [4.78, 5) is -0.274. The highest BCUT2D eigenvalue weighted by molar-refractivity contribution is 7.89. The average Bonchev–Trinajstić information content (AvgIpc) is 2.33. The maximum Gasteiger partial charge on any atom is 0.244 e. The molecule has 98 valence electrons. The smallest absolute Gasteiger partial charge is 0.207 e. The number of sulfonamides is 1. The molecule has 0 aliphatic rings. The van der Waals surface area contributed by atoms with Crippen molar-refractivity contribution in [2.45, 2.75) is 18.2 Å². The first-order valence-corrected chi connectivity index (χ1v) is 7.07. The van der Waals surface area contributed by atoms with Crippen LogP contribution in [0.3, 0.4) is 0 Å². The van der Waals surface area contributed by atoms with Gasteiger partial charge in [-0.1, -0.05) is 18.5 Å². The Balaban J connectivity index is 3.19. The van der Waals surface area contributed by atoms with Crippen molar-refractivity contribution < 1.29 is 12.8 Å². The predicted octanol–water partition coefficient (Wildman–Crippen LogP) is 2.40. The SMILES string of the molecule is CCN(CCC#N)S(=O)(=O)c1cc(F)ccc1Cl. The quantitative estimate of drug-likeness (QED) is 0.836. The summed E-state index contributed by atoms with van der Waals surface area (Å²) in [7, 11) is -3.87. The number of hydrogen-bond acceptors (Lipinski definition) is 3. The van der Waals surface area contributed by atoms with E-state index in [2.05, 4.69) is 0 Å². The molecule has 1 rings (SSSR count). The molecule has 4 nitrogen and oxygen atoms in total. The molecule has 0 aliphatic carbocycles. The molecule has 0 radical (unpaired) electrons. The van der Waals surface area contributed by atoms with Crippen LogP contribution in [-0.2, 0) is 10.0 Å². The Bertz CT molecular complexity index is 569. The Morgan fingerprint density at radius 1 is 1.50 bits per heavy atom. The number of benzene rings is 1. The highest BCUT2D eigenvalue weighted by Crippen LogP contribution is 2.25. The van der Waals surface area contributed by atoms with E-state index in [1.54, 1.807) is 6.92 Å². The van der Waals surface area contributed by atoms with Gasteiger partial charge in [0.1, 0.15) is 10.7 Å². The molecule has 1 aromatic carbocycles. The number of rotatable bonds is 5. The molecule has 0 saturated carbocycles. The summed E-state index contributed by atoms with van der Waals surface area (Å²) in [6, 6.07) is 5.04. The van der Waals surface area contributed by atoms with Gasteiger partial charge >= 0.3 is 0 Å². The highest BCUT2D eigenvalue weighted by atomic mass is 35.5. The second-order valence-corrected chi connectivity index (χ2v) is 5.79. The third-order valence-electron chi connectivity index (χ3n) is 2.34. The zero-order valence-corrected chi connectivity index (χ0v) is 11.3. The second-order valence-electron chi connectivity index (χ2n) is 3.48. The van der Waals surface area contributed by atoms with E-state index in [1.165, 1.54) is 6.07 Å². The van der Waals surface area contributed by atoms with Crippen molar-refractivity contribution in [3.63, 3.8) is 0 Å². The lowest BCUT2D eigenvalue weighted by atomic mass is 10.3. The third kappa shape index (κ3) is 3.19. The van der Waals surface area contributed by atoms with Crippen LogP contribution in [0.4, 0.5) is 4.39 Å². The summed E-state index contributed by atoms with van der Waals surface area (Å²) in [6.07, 6.45) is 0.0694. The monoisotopic (exact) mass is 290 g/mol. The van der Waals surface area contributed by atoms with E-state index in [9.17, 15) is 12.8 Å². The van der Waals surface area contributed by atoms with Gasteiger partial charge in [0, 0.05) is 19.5 Å². The molecule has 0 aliphatic heterocycles. The van der Waals surface area contributed by atoms with E-state index in [-0.39, 0.29) is 29.4 Å². The minimum absolute atomic E-state index is 0.0354. The summed E-state index contributed by atoms with van der Waals surface area (Å²) in [5.41, 5.74) is 0. The first-order valence-electron chi connectivity index (χ1n) is 5.25. The van der Waals surface area contributed by atoms with Crippen LogP contribution in [0.5, 0.6) is 0 Å². The van der Waals surface area contributed by atoms with E-state index in [1.807, 2.05) is 6.07 Å². The standard InChI is InChI=1S/C11H12ClFN2O2S/c1-2-15(7-3-6-14)18(16,17)11-8-9(13)4-5-10(11)12/h4-5,8H,2-3,7H2,1H3. The fraction of sp³-hybridized carbons (Fsp3) is 0.364. The first kappa shape index (κ1) is 14.9. The molecule has 18 heavy (non-hydrogen) atoms. The first-order chi connectivity index (χ1) is 8.43. The van der Waals surface area contributed by atoms with Crippen molar-refractivity contribution in [1.29, 1.82) is 5.26 Å². The molecule has 0 aromatic heterocycles. The van der Waals surface area contributed by atoms with Crippen LogP contribution in [0.2, 0.25) is 5.02 Å². The van der Waals surface area contributed by atoms with Crippen LogP contribution in [0.25, 0.3) is 0 Å². The zero-order chi connectivity index (χ0) is 13.8. The van der Waals surface area contributed by atoms with Crippen molar-refractivity contribution >= 4 is 21.6 Å². The van der Waals surface area contributed by atoms with Crippen molar-refractivity contribution in [2.75, 3.05) is 13.1 Å². The van der Waals surface area contributed by atoms with E-state index in [0.29, 0.717) is 0 Å². The van der Waals surface area contributed by atoms with Gasteiger partial charge in [-0.05, 0) is 18.2 Å². The predicted molar refractivity (Wildman–Crippen MR) is 66.1 cm³/mol. The maximum absolute atomic E-state index is 13.1. The minimum Gasteiger partial charge on any atom is -0.207 e. The summed E-state index contributed by atoms with van der Waals surface area (Å²) in [5, 5.41) is 8.45. The average molecular weight is 291 g/mol. The molecule has 0 amide bonds. The van der Waals surface area contributed by atoms with Crippen molar-refractivity contribution in [3.05, 3.63) is 29.0 Å². The van der Waals surface area contributed by atoms with E-state index < -0.39 is 15.8 Å². The van der Waals surface area contributed by atoms with Gasteiger partial charge in [-0.3, -0.25) is 0 Å². The lowest BCUT2D eigenvalue weighted by Crippen LogP contribution is -2.32. The Kier molecular flexibility index (Phi) is 5.08. The van der Waals surface area contributed by atoms with Crippen molar-refractivity contribution in [1.82, 2.24) is 4.31 Å². The van der Waals surface area contributed by atoms with Gasteiger partial charge in [0.05, 0.1) is 11.1 Å². The fourth-order valence-electron chi connectivity index (χ4n) is 1.44. The summed E-state index contributed by atoms with van der Waals surface area (Å²) in [6.45, 7) is 1.89. The topological polar surface area (TPSA) is 61.2 Å². The van der Waals surface area contributed by atoms with Gasteiger partial charge in [0.15, 0.2) is 0 Å². The van der Waals surface area contributed by atoms with Crippen molar-refractivity contribution in [3.8, 4) is 6.07 Å². The minimum atomic E-state index is -3.87. The van der Waals surface area contributed by atoms with E-state index in [0.717, 1.165) is 16.4 Å². The normalized spacial score (nSPS) is 11.5. The molecular formula is C11H12ClFN2O2S. The van der Waals surface area contributed by atoms with Crippen LogP contribution >= 0.6 is 11.6 Å². The number of nitrogens with zero attached hydrogens (tertiary/aromatic N) is 2. The Hall–Kier alpha value is -1.16. The Morgan fingerprint density at radius 2 is 2.17 bits per heavy atom. The fourth-order valence-corrected chi connectivity index (χ4v) is 3.37. The lowest BCUT2D eigenvalue weighted by molar-refractivity contribution is 0.434. The number of halogens is 2. The zero-order valence-electron chi connectivity index (χ0n) is 9.73. The molecule has 0 bridgehead atoms. The van der Waals surface area contributed by atoms with Gasteiger partial charge in [0.25, 0.3) is 0 Å². The number of hydrogen-bond donors (Lipinski definition) is 0. The molecular weight excluding hydrogens is 279 g/mol. The van der Waals surface area contributed by atoms with Crippen LogP contribution in [0.1, 0.15) is 13.3 Å². The highest BCUT2D eigenvalue weighted by Gasteiger charge is 2.25. The molecule has 0 saturated heterocycles. The molecule has 7 heteroatoms. The van der Waals surface area contributed by atoms with Gasteiger partial charge in [0.2, 0.25) is 10.0 Å².